The molecule has 0 aromatic carbocycles. The predicted octanol–water partition coefficient (Wildman–Crippen LogP) is 2.51. The Bertz CT molecular complexity index is 404. The first-order chi connectivity index (χ1) is 9.13. The second-order valence-electron chi connectivity index (χ2n) is 5.64. The Morgan fingerprint density at radius 2 is 2.42 bits per heavy atom. The first-order valence-corrected chi connectivity index (χ1v) is 8.04. The molecule has 106 valence electrons. The molecule has 19 heavy (non-hydrogen) atoms. The van der Waals surface area contributed by atoms with E-state index in [4.69, 9.17) is 5.73 Å². The van der Waals surface area contributed by atoms with E-state index in [-0.39, 0.29) is 17.9 Å². The van der Waals surface area contributed by atoms with Gasteiger partial charge in [-0.25, -0.2) is 0 Å². The third-order valence-electron chi connectivity index (χ3n) is 4.15. The number of rotatable bonds is 4. The third-order valence-corrected chi connectivity index (χ3v) is 5.05. The molecule has 1 aliphatic heterocycles. The van der Waals surface area contributed by atoms with Crippen LogP contribution in [0.5, 0.6) is 0 Å². The van der Waals surface area contributed by atoms with Gasteiger partial charge in [-0.05, 0) is 36.6 Å². The number of piperidine rings is 1. The second-order valence-corrected chi connectivity index (χ2v) is 6.67. The second kappa shape index (κ2) is 6.53. The Hall–Kier alpha value is -0.870. The van der Waals surface area contributed by atoms with Gasteiger partial charge in [0.15, 0.2) is 0 Å². The summed E-state index contributed by atoms with van der Waals surface area (Å²) in [5.41, 5.74) is 5.87. The SMILES string of the molecule is CC(Cc1cccs1)C(=O)N1CCCC(C)C1CN. The third kappa shape index (κ3) is 3.37. The highest BCUT2D eigenvalue weighted by Crippen LogP contribution is 2.25. The van der Waals surface area contributed by atoms with Crippen molar-refractivity contribution in [2.45, 2.75) is 39.2 Å². The fourth-order valence-electron chi connectivity index (χ4n) is 2.98. The molecule has 0 radical (unpaired) electrons. The van der Waals surface area contributed by atoms with Crippen molar-refractivity contribution in [1.29, 1.82) is 0 Å². The van der Waals surface area contributed by atoms with Crippen molar-refractivity contribution in [3.05, 3.63) is 22.4 Å². The van der Waals surface area contributed by atoms with Gasteiger partial charge in [-0.15, -0.1) is 11.3 Å². The van der Waals surface area contributed by atoms with E-state index in [2.05, 4.69) is 18.4 Å². The lowest BCUT2D eigenvalue weighted by Gasteiger charge is -2.40. The molecular weight excluding hydrogens is 256 g/mol. The molecule has 2 rings (SSSR count). The Morgan fingerprint density at radius 1 is 1.63 bits per heavy atom. The van der Waals surface area contributed by atoms with E-state index in [9.17, 15) is 4.79 Å². The zero-order valence-corrected chi connectivity index (χ0v) is 12.7. The molecule has 3 nitrogen and oxygen atoms in total. The van der Waals surface area contributed by atoms with Crippen molar-refractivity contribution < 1.29 is 4.79 Å². The average Bonchev–Trinajstić information content (AvgIpc) is 2.90. The highest BCUT2D eigenvalue weighted by Gasteiger charge is 2.32. The average molecular weight is 280 g/mol. The van der Waals surface area contributed by atoms with Crippen LogP contribution in [0.15, 0.2) is 17.5 Å². The zero-order valence-electron chi connectivity index (χ0n) is 11.8. The molecule has 0 bridgehead atoms. The number of nitrogens with zero attached hydrogens (tertiary/aromatic N) is 1. The maximum atomic E-state index is 12.6. The van der Waals surface area contributed by atoms with Gasteiger partial charge in [0.2, 0.25) is 5.91 Å². The number of hydrogen-bond acceptors (Lipinski definition) is 3. The number of hydrogen-bond donors (Lipinski definition) is 1. The number of likely N-dealkylation sites (tertiary alicyclic amines) is 1. The fraction of sp³-hybridized carbons (Fsp3) is 0.667. The number of amides is 1. The van der Waals surface area contributed by atoms with Gasteiger partial charge in [-0.3, -0.25) is 4.79 Å². The number of carbonyl (C=O) groups excluding carboxylic acids is 1. The van der Waals surface area contributed by atoms with Crippen molar-refractivity contribution in [2.24, 2.45) is 17.6 Å². The molecule has 1 aromatic rings. The largest absolute Gasteiger partial charge is 0.338 e. The summed E-state index contributed by atoms with van der Waals surface area (Å²) >= 11 is 1.73. The number of carbonyl (C=O) groups is 1. The van der Waals surface area contributed by atoms with Crippen LogP contribution in [0.25, 0.3) is 0 Å². The van der Waals surface area contributed by atoms with Gasteiger partial charge in [0.25, 0.3) is 0 Å². The summed E-state index contributed by atoms with van der Waals surface area (Å²) in [5, 5.41) is 2.07. The summed E-state index contributed by atoms with van der Waals surface area (Å²) in [6, 6.07) is 4.38. The molecule has 0 saturated carbocycles. The number of nitrogens with two attached hydrogens (primary N) is 1. The molecule has 4 heteroatoms. The molecule has 3 atom stereocenters. The van der Waals surface area contributed by atoms with Gasteiger partial charge < -0.3 is 10.6 Å². The smallest absolute Gasteiger partial charge is 0.226 e. The molecule has 1 amide bonds. The lowest BCUT2D eigenvalue weighted by Crippen LogP contribution is -2.53. The van der Waals surface area contributed by atoms with Gasteiger partial charge in [0.1, 0.15) is 0 Å². The van der Waals surface area contributed by atoms with Crippen LogP contribution < -0.4 is 5.73 Å². The van der Waals surface area contributed by atoms with Crippen molar-refractivity contribution >= 4 is 17.2 Å². The Balaban J connectivity index is 2.00. The Labute approximate surface area is 119 Å². The van der Waals surface area contributed by atoms with Crippen LogP contribution in [-0.4, -0.2) is 29.9 Å². The van der Waals surface area contributed by atoms with Gasteiger partial charge in [0, 0.05) is 29.9 Å². The summed E-state index contributed by atoms with van der Waals surface area (Å²) in [5.74, 6) is 0.852. The molecule has 3 unspecified atom stereocenters. The van der Waals surface area contributed by atoms with Crippen LogP contribution in [0.1, 0.15) is 31.6 Å². The van der Waals surface area contributed by atoms with Crippen LogP contribution in [0.3, 0.4) is 0 Å². The van der Waals surface area contributed by atoms with Crippen LogP contribution >= 0.6 is 11.3 Å². The normalized spacial score (nSPS) is 25.3. The predicted molar refractivity (Wildman–Crippen MR) is 80.1 cm³/mol. The molecular formula is C15H24N2OS. The maximum absolute atomic E-state index is 12.6. The highest BCUT2D eigenvalue weighted by molar-refractivity contribution is 7.09. The molecule has 1 saturated heterocycles. The van der Waals surface area contributed by atoms with Gasteiger partial charge in [0.05, 0.1) is 0 Å². The summed E-state index contributed by atoms with van der Waals surface area (Å²) in [6.07, 6.45) is 3.14. The highest BCUT2D eigenvalue weighted by atomic mass is 32.1. The summed E-state index contributed by atoms with van der Waals surface area (Å²) in [7, 11) is 0. The number of thiophene rings is 1. The van der Waals surface area contributed by atoms with Crippen LogP contribution in [0.2, 0.25) is 0 Å². The van der Waals surface area contributed by atoms with E-state index in [1.165, 1.54) is 11.3 Å². The van der Waals surface area contributed by atoms with E-state index in [1.54, 1.807) is 11.3 Å². The lowest BCUT2D eigenvalue weighted by atomic mass is 9.89. The molecule has 1 aromatic heterocycles. The van der Waals surface area contributed by atoms with Gasteiger partial charge in [-0.2, -0.15) is 0 Å². The monoisotopic (exact) mass is 280 g/mol. The molecule has 1 aliphatic rings. The summed E-state index contributed by atoms with van der Waals surface area (Å²) in [6.45, 7) is 5.70. The summed E-state index contributed by atoms with van der Waals surface area (Å²) in [4.78, 5) is 15.9. The minimum absolute atomic E-state index is 0.0537. The van der Waals surface area contributed by atoms with Crippen molar-refractivity contribution in [2.75, 3.05) is 13.1 Å². The molecule has 0 spiro atoms. The quantitative estimate of drug-likeness (QED) is 0.921. The van der Waals surface area contributed by atoms with E-state index in [1.807, 2.05) is 17.9 Å². The molecule has 2 heterocycles. The maximum Gasteiger partial charge on any atom is 0.226 e. The zero-order chi connectivity index (χ0) is 13.8. The standard InChI is InChI=1S/C15H24N2OS/c1-11-5-3-7-17(14(11)10-16)15(18)12(2)9-13-6-4-8-19-13/h4,6,8,11-12,14H,3,5,7,9-10,16H2,1-2H3. The van der Waals surface area contributed by atoms with Gasteiger partial charge >= 0.3 is 0 Å². The van der Waals surface area contributed by atoms with E-state index < -0.39 is 0 Å². The topological polar surface area (TPSA) is 46.3 Å². The Morgan fingerprint density at radius 3 is 3.05 bits per heavy atom. The minimum atomic E-state index is 0.0537. The van der Waals surface area contributed by atoms with E-state index in [0.717, 1.165) is 19.4 Å². The van der Waals surface area contributed by atoms with Crippen LogP contribution in [0.4, 0.5) is 0 Å². The first kappa shape index (κ1) is 14.5. The molecule has 0 aliphatic carbocycles. The summed E-state index contributed by atoms with van der Waals surface area (Å²) < 4.78 is 0. The minimum Gasteiger partial charge on any atom is -0.338 e. The van der Waals surface area contributed by atoms with Crippen molar-refractivity contribution in [3.63, 3.8) is 0 Å². The molecule has 2 N–H and O–H groups in total. The van der Waals surface area contributed by atoms with Crippen molar-refractivity contribution in [3.8, 4) is 0 Å². The van der Waals surface area contributed by atoms with Crippen molar-refractivity contribution in [1.82, 2.24) is 4.90 Å². The first-order valence-electron chi connectivity index (χ1n) is 7.16. The van der Waals surface area contributed by atoms with Crippen LogP contribution in [-0.2, 0) is 11.2 Å². The Kier molecular flexibility index (Phi) is 4.99. The lowest BCUT2D eigenvalue weighted by molar-refractivity contribution is -0.139. The van der Waals surface area contributed by atoms with E-state index >= 15 is 0 Å². The van der Waals surface area contributed by atoms with Crippen LogP contribution in [0, 0.1) is 11.8 Å². The molecule has 1 fully saturated rings. The fourth-order valence-corrected chi connectivity index (χ4v) is 3.82. The van der Waals surface area contributed by atoms with Gasteiger partial charge in [-0.1, -0.05) is 19.9 Å². The van der Waals surface area contributed by atoms with E-state index in [0.29, 0.717) is 12.5 Å².